The van der Waals surface area contributed by atoms with Crippen LogP contribution in [0.1, 0.15) is 31.0 Å². The minimum Gasteiger partial charge on any atom is -0.497 e. The van der Waals surface area contributed by atoms with Gasteiger partial charge in [-0.15, -0.1) is 0 Å². The van der Waals surface area contributed by atoms with Crippen LogP contribution in [0.4, 0.5) is 5.69 Å². The van der Waals surface area contributed by atoms with Gasteiger partial charge >= 0.3 is 0 Å². The summed E-state index contributed by atoms with van der Waals surface area (Å²) in [4.78, 5) is 24.9. The monoisotopic (exact) mass is 515 g/mol. The van der Waals surface area contributed by atoms with Gasteiger partial charge in [0.25, 0.3) is 5.91 Å². The Morgan fingerprint density at radius 3 is 2.36 bits per heavy atom. The van der Waals surface area contributed by atoms with Gasteiger partial charge in [0.05, 0.1) is 18.8 Å². The lowest BCUT2D eigenvalue weighted by Crippen LogP contribution is -2.32. The number of carbonyl (C=O) groups is 1. The van der Waals surface area contributed by atoms with Crippen LogP contribution in [0.5, 0.6) is 5.75 Å². The average molecular weight is 516 g/mol. The summed E-state index contributed by atoms with van der Waals surface area (Å²) in [5, 5.41) is 1.73. The normalized spacial score (nSPS) is 19.2. The van der Waals surface area contributed by atoms with Crippen molar-refractivity contribution in [3.8, 4) is 5.75 Å². The van der Waals surface area contributed by atoms with Gasteiger partial charge in [0, 0.05) is 24.1 Å². The Balaban J connectivity index is 1.50. The molecule has 1 amide bonds. The molecule has 0 aromatic heterocycles. The summed E-state index contributed by atoms with van der Waals surface area (Å²) < 4.78 is 5.46. The van der Waals surface area contributed by atoms with Crippen LogP contribution in [0.15, 0.2) is 98.7 Å². The number of aliphatic imine (C=N–C) groups is 1. The number of hydrogen-bond acceptors (Lipinski definition) is 6. The zero-order valence-corrected chi connectivity index (χ0v) is 22.3. The molecular formula is C29H29N3O2S2. The molecule has 1 fully saturated rings. The minimum absolute atomic E-state index is 0.0238. The molecule has 1 saturated heterocycles. The van der Waals surface area contributed by atoms with Crippen LogP contribution in [0.3, 0.4) is 0 Å². The van der Waals surface area contributed by atoms with E-state index in [1.807, 2.05) is 53.4 Å². The molecular weight excluding hydrogens is 486 g/mol. The zero-order chi connectivity index (χ0) is 25.1. The van der Waals surface area contributed by atoms with E-state index in [9.17, 15) is 4.79 Å². The molecule has 184 valence electrons. The van der Waals surface area contributed by atoms with Crippen molar-refractivity contribution in [1.82, 2.24) is 4.90 Å². The number of thioether (sulfide) groups is 2. The maximum atomic E-state index is 13.9. The summed E-state index contributed by atoms with van der Waals surface area (Å²) in [5.41, 5.74) is 3.42. The van der Waals surface area contributed by atoms with Gasteiger partial charge in [-0.05, 0) is 55.3 Å². The molecule has 2 heterocycles. The molecule has 0 saturated carbocycles. The van der Waals surface area contributed by atoms with Crippen LogP contribution < -0.4 is 9.64 Å². The molecule has 0 N–H and O–H groups in total. The van der Waals surface area contributed by atoms with Gasteiger partial charge < -0.3 is 9.64 Å². The predicted octanol–water partition coefficient (Wildman–Crippen LogP) is 6.73. The Morgan fingerprint density at radius 2 is 1.67 bits per heavy atom. The van der Waals surface area contributed by atoms with E-state index in [1.54, 1.807) is 18.9 Å². The number of benzene rings is 3. The lowest BCUT2D eigenvalue weighted by atomic mass is 10.1. The summed E-state index contributed by atoms with van der Waals surface area (Å²) in [6.45, 7) is 5.54. The Morgan fingerprint density at radius 1 is 0.944 bits per heavy atom. The fourth-order valence-corrected chi connectivity index (χ4v) is 6.82. The highest BCUT2D eigenvalue weighted by Gasteiger charge is 2.39. The highest BCUT2D eigenvalue weighted by Crippen LogP contribution is 2.51. The number of ether oxygens (including phenoxy) is 1. The summed E-state index contributed by atoms with van der Waals surface area (Å²) >= 11 is 3.14. The standard InChI is InChI=1S/C29H29N3O2S2/c1-4-31-24-19-23(34-3)15-16-25(24)35-28(31)26-27(33)32(18-17-21-11-7-5-8-12-21)29(36-26)30-20(2)22-13-9-6-10-14-22/h5-16,19-20H,4,17-18H2,1-3H3. The first-order valence-corrected chi connectivity index (χ1v) is 13.8. The van der Waals surface area contributed by atoms with E-state index in [4.69, 9.17) is 9.73 Å². The lowest BCUT2D eigenvalue weighted by molar-refractivity contribution is -0.122. The van der Waals surface area contributed by atoms with E-state index in [-0.39, 0.29) is 11.9 Å². The SMILES string of the molecule is CCN1C(=C2SC(=NC(C)c3ccccc3)N(CCc3ccccc3)C2=O)Sc2ccc(OC)cc21. The molecule has 2 aliphatic heterocycles. The second-order valence-corrected chi connectivity index (χ2v) is 10.6. The van der Waals surface area contributed by atoms with E-state index >= 15 is 0 Å². The van der Waals surface area contributed by atoms with Crippen molar-refractivity contribution in [2.24, 2.45) is 4.99 Å². The summed E-state index contributed by atoms with van der Waals surface area (Å²) in [7, 11) is 1.68. The summed E-state index contributed by atoms with van der Waals surface area (Å²) in [5.74, 6) is 0.837. The van der Waals surface area contributed by atoms with Crippen molar-refractivity contribution in [2.45, 2.75) is 31.2 Å². The smallest absolute Gasteiger partial charge is 0.269 e. The zero-order valence-electron chi connectivity index (χ0n) is 20.7. The average Bonchev–Trinajstić information content (AvgIpc) is 3.44. The van der Waals surface area contributed by atoms with E-state index < -0.39 is 0 Å². The fraction of sp³-hybridized carbons (Fsp3) is 0.241. The van der Waals surface area contributed by atoms with Crippen molar-refractivity contribution in [2.75, 3.05) is 25.1 Å². The van der Waals surface area contributed by atoms with E-state index in [1.165, 1.54) is 17.3 Å². The van der Waals surface area contributed by atoms with Gasteiger partial charge in [-0.1, -0.05) is 72.4 Å². The van der Waals surface area contributed by atoms with Crippen molar-refractivity contribution in [3.05, 3.63) is 99.9 Å². The lowest BCUT2D eigenvalue weighted by Gasteiger charge is -2.20. The van der Waals surface area contributed by atoms with E-state index in [2.05, 4.69) is 49.1 Å². The van der Waals surface area contributed by atoms with Gasteiger partial charge in [0.2, 0.25) is 0 Å². The van der Waals surface area contributed by atoms with Crippen LogP contribution in [-0.4, -0.2) is 36.2 Å². The highest BCUT2D eigenvalue weighted by atomic mass is 32.2. The van der Waals surface area contributed by atoms with Crippen molar-refractivity contribution >= 4 is 40.3 Å². The van der Waals surface area contributed by atoms with Crippen LogP contribution in [0, 0.1) is 0 Å². The van der Waals surface area contributed by atoms with Crippen LogP contribution in [-0.2, 0) is 11.2 Å². The summed E-state index contributed by atoms with van der Waals surface area (Å²) in [6, 6.07) is 26.6. The Kier molecular flexibility index (Phi) is 7.39. The maximum Gasteiger partial charge on any atom is 0.269 e. The number of amidine groups is 1. The maximum absolute atomic E-state index is 13.9. The predicted molar refractivity (Wildman–Crippen MR) is 151 cm³/mol. The van der Waals surface area contributed by atoms with Crippen molar-refractivity contribution in [3.63, 3.8) is 0 Å². The molecule has 0 spiro atoms. The van der Waals surface area contributed by atoms with Gasteiger partial charge in [0.1, 0.15) is 15.7 Å². The molecule has 1 atom stereocenters. The molecule has 3 aromatic carbocycles. The van der Waals surface area contributed by atoms with E-state index in [0.29, 0.717) is 6.54 Å². The third-order valence-corrected chi connectivity index (χ3v) is 8.73. The molecule has 0 radical (unpaired) electrons. The molecule has 2 aliphatic rings. The Hall–Kier alpha value is -3.16. The first-order chi connectivity index (χ1) is 17.6. The van der Waals surface area contributed by atoms with Crippen LogP contribution in [0.25, 0.3) is 0 Å². The Bertz CT molecular complexity index is 1310. The Labute approximate surface area is 221 Å². The number of anilines is 1. The summed E-state index contributed by atoms with van der Waals surface area (Å²) in [6.07, 6.45) is 0.774. The van der Waals surface area contributed by atoms with Gasteiger partial charge in [-0.2, -0.15) is 0 Å². The molecule has 0 bridgehead atoms. The molecule has 7 heteroatoms. The van der Waals surface area contributed by atoms with Crippen molar-refractivity contribution in [1.29, 1.82) is 0 Å². The molecule has 5 rings (SSSR count). The minimum atomic E-state index is -0.0509. The number of rotatable bonds is 7. The van der Waals surface area contributed by atoms with E-state index in [0.717, 1.165) is 50.0 Å². The molecule has 5 nitrogen and oxygen atoms in total. The largest absolute Gasteiger partial charge is 0.497 e. The van der Waals surface area contributed by atoms with Gasteiger partial charge in [-0.25, -0.2) is 0 Å². The fourth-order valence-electron chi connectivity index (χ4n) is 4.36. The number of methoxy groups -OCH3 is 1. The molecule has 1 unspecified atom stereocenters. The number of carbonyl (C=O) groups excluding carboxylic acids is 1. The quantitative estimate of drug-likeness (QED) is 0.327. The van der Waals surface area contributed by atoms with Crippen LogP contribution in [0.2, 0.25) is 0 Å². The first-order valence-electron chi connectivity index (χ1n) is 12.1. The number of amides is 1. The topological polar surface area (TPSA) is 45.1 Å². The number of fused-ring (bicyclic) bond motifs is 1. The molecule has 0 aliphatic carbocycles. The first kappa shape index (κ1) is 24.5. The highest BCUT2D eigenvalue weighted by molar-refractivity contribution is 8.19. The third kappa shape index (κ3) is 4.90. The molecule has 36 heavy (non-hydrogen) atoms. The second kappa shape index (κ2) is 10.8. The third-order valence-electron chi connectivity index (χ3n) is 6.34. The second-order valence-electron chi connectivity index (χ2n) is 8.61. The number of hydrogen-bond donors (Lipinski definition) is 0. The number of nitrogens with zero attached hydrogens (tertiary/aromatic N) is 3. The molecule has 3 aromatic rings. The van der Waals surface area contributed by atoms with Gasteiger partial charge in [0.15, 0.2) is 5.17 Å². The van der Waals surface area contributed by atoms with Crippen molar-refractivity contribution < 1.29 is 9.53 Å². The van der Waals surface area contributed by atoms with Crippen LogP contribution >= 0.6 is 23.5 Å². The van der Waals surface area contributed by atoms with Gasteiger partial charge in [-0.3, -0.25) is 14.7 Å².